The molecule has 4 N–H and O–H groups in total. The molecule has 1 atom stereocenters. The number of benzene rings is 1. The van der Waals surface area contributed by atoms with Gasteiger partial charge in [0.05, 0.1) is 25.2 Å². The molecule has 0 saturated carbocycles. The fourth-order valence-corrected chi connectivity index (χ4v) is 4.82. The minimum Gasteiger partial charge on any atom is -0.404 e. The molecule has 2 aromatic rings. The van der Waals surface area contributed by atoms with Crippen molar-refractivity contribution in [1.82, 2.24) is 4.98 Å². The van der Waals surface area contributed by atoms with Gasteiger partial charge in [0.15, 0.2) is 9.84 Å². The lowest BCUT2D eigenvalue weighted by Gasteiger charge is -2.30. The number of nitrogens with one attached hydrogen (secondary N) is 2. The monoisotopic (exact) mass is 500 g/mol. The van der Waals surface area contributed by atoms with Crippen LogP contribution < -0.4 is 15.8 Å². The van der Waals surface area contributed by atoms with Crippen molar-refractivity contribution in [3.05, 3.63) is 53.3 Å². The number of pyridine rings is 1. The minimum atomic E-state index is -4.87. The summed E-state index contributed by atoms with van der Waals surface area (Å²) < 4.78 is 70.3. The Hall–Kier alpha value is -3.19. The summed E-state index contributed by atoms with van der Waals surface area (Å²) in [4.78, 5) is 16.2. The first-order chi connectivity index (χ1) is 15.7. The molecule has 184 valence electrons. The van der Waals surface area contributed by atoms with Crippen LogP contribution in [0.3, 0.4) is 0 Å². The van der Waals surface area contributed by atoms with Gasteiger partial charge in [0, 0.05) is 11.6 Å². The summed E-state index contributed by atoms with van der Waals surface area (Å²) in [7, 11) is -3.82. The fraction of sp³-hybridized carbons (Fsp3) is 0.381. The van der Waals surface area contributed by atoms with Crippen molar-refractivity contribution in [1.29, 1.82) is 5.41 Å². The average molecular weight is 500 g/mol. The summed E-state index contributed by atoms with van der Waals surface area (Å²) in [6, 6.07) is 6.96. The van der Waals surface area contributed by atoms with E-state index in [1.807, 2.05) is 0 Å². The van der Waals surface area contributed by atoms with E-state index in [4.69, 9.17) is 15.9 Å². The highest BCUT2D eigenvalue weighted by molar-refractivity contribution is 7.93. The second-order valence-corrected chi connectivity index (χ2v) is 10.8. The number of halogens is 3. The van der Waals surface area contributed by atoms with E-state index >= 15 is 0 Å². The lowest BCUT2D eigenvalue weighted by molar-refractivity contribution is -0.274. The Balaban J connectivity index is 1.79. The Morgan fingerprint density at radius 1 is 1.29 bits per heavy atom. The summed E-state index contributed by atoms with van der Waals surface area (Å²) in [6.07, 6.45) is -4.09. The number of hydrogen-bond donors (Lipinski definition) is 3. The fourth-order valence-electron chi connectivity index (χ4n) is 3.27. The molecule has 1 unspecified atom stereocenters. The first kappa shape index (κ1) is 25.4. The number of fused-ring (bicyclic) bond motifs is 1. The maximum atomic E-state index is 12.9. The van der Waals surface area contributed by atoms with Gasteiger partial charge in [-0.15, -0.1) is 13.2 Å². The lowest BCUT2D eigenvalue weighted by atomic mass is 9.94. The summed E-state index contributed by atoms with van der Waals surface area (Å²) >= 11 is 0. The number of hydrogen-bond acceptors (Lipinski definition) is 7. The molecule has 1 aliphatic rings. The number of carbonyl (C=O) groups excluding carboxylic acids is 1. The number of sulfone groups is 1. The number of anilines is 1. The molecule has 2 heterocycles. The van der Waals surface area contributed by atoms with Crippen LogP contribution in [0.15, 0.2) is 36.5 Å². The van der Waals surface area contributed by atoms with Crippen LogP contribution in [0.1, 0.15) is 41.4 Å². The van der Waals surface area contributed by atoms with Crippen LogP contribution in [0.25, 0.3) is 0 Å². The van der Waals surface area contributed by atoms with Gasteiger partial charge in [0.25, 0.3) is 5.91 Å². The second-order valence-electron chi connectivity index (χ2n) is 8.21. The van der Waals surface area contributed by atoms with Crippen LogP contribution in [0.2, 0.25) is 0 Å². The summed E-state index contributed by atoms with van der Waals surface area (Å²) in [5, 5.41) is 10.2. The zero-order valence-electron chi connectivity index (χ0n) is 18.3. The third-order valence-electron chi connectivity index (χ3n) is 5.47. The quantitative estimate of drug-likeness (QED) is 0.392. The van der Waals surface area contributed by atoms with Crippen molar-refractivity contribution in [2.45, 2.75) is 37.5 Å². The number of rotatable bonds is 7. The molecule has 0 bridgehead atoms. The molecular formula is C21H23F3N4O5S. The third-order valence-corrected chi connectivity index (χ3v) is 8.09. The van der Waals surface area contributed by atoms with Crippen LogP contribution in [0.5, 0.6) is 5.75 Å². The van der Waals surface area contributed by atoms with Crippen LogP contribution in [0.4, 0.5) is 18.9 Å². The van der Waals surface area contributed by atoms with Gasteiger partial charge in [0.1, 0.15) is 22.0 Å². The molecule has 13 heteroatoms. The van der Waals surface area contributed by atoms with E-state index in [2.05, 4.69) is 15.0 Å². The summed E-state index contributed by atoms with van der Waals surface area (Å²) in [5.41, 5.74) is 7.10. The van der Waals surface area contributed by atoms with E-state index in [1.165, 1.54) is 13.8 Å². The second kappa shape index (κ2) is 9.22. The molecule has 9 nitrogen and oxygen atoms in total. The number of alkyl halides is 3. The van der Waals surface area contributed by atoms with Gasteiger partial charge in [-0.05, 0) is 49.2 Å². The summed E-state index contributed by atoms with van der Waals surface area (Å²) in [6.45, 7) is 3.12. The maximum absolute atomic E-state index is 12.9. The molecule has 3 rings (SSSR count). The van der Waals surface area contributed by atoms with Gasteiger partial charge in [-0.2, -0.15) is 0 Å². The summed E-state index contributed by atoms with van der Waals surface area (Å²) in [5.74, 6) is -2.57. The predicted molar refractivity (Wildman–Crippen MR) is 117 cm³/mol. The molecule has 1 aromatic carbocycles. The molecule has 1 aromatic heterocycles. The van der Waals surface area contributed by atoms with Gasteiger partial charge in [0.2, 0.25) is 0 Å². The van der Waals surface area contributed by atoms with Gasteiger partial charge in [-0.25, -0.2) is 13.4 Å². The van der Waals surface area contributed by atoms with Crippen LogP contribution >= 0.6 is 0 Å². The third kappa shape index (κ3) is 5.65. The van der Waals surface area contributed by atoms with Gasteiger partial charge >= 0.3 is 6.36 Å². The van der Waals surface area contributed by atoms with E-state index < -0.39 is 44.4 Å². The highest BCUT2D eigenvalue weighted by atomic mass is 32.2. The van der Waals surface area contributed by atoms with Crippen molar-refractivity contribution >= 4 is 27.3 Å². The number of nitrogens with two attached hydrogens (primary N) is 1. The first-order valence-electron chi connectivity index (χ1n) is 10.00. The smallest absolute Gasteiger partial charge is 0.404 e. The molecular weight excluding hydrogens is 477 g/mol. The highest BCUT2D eigenvalue weighted by Gasteiger charge is 2.40. The standard InChI is InChI=1S/C21H23F3N4O5S/c1-20(2,19(25)26)34(30,31)11-13-10-32-9-12-3-4-14(7-16(12)13)28-18(29)17-6-5-15(8-27-17)33-21(22,23)24/h3-8,13H,9-11H2,1-2H3,(H3,25,26)(H,28,29). The van der Waals surface area contributed by atoms with Gasteiger partial charge in [-0.3, -0.25) is 10.2 Å². The molecule has 34 heavy (non-hydrogen) atoms. The van der Waals surface area contributed by atoms with E-state index in [0.29, 0.717) is 11.3 Å². The van der Waals surface area contributed by atoms with E-state index in [0.717, 1.165) is 23.9 Å². The Kier molecular flexibility index (Phi) is 6.90. The lowest BCUT2D eigenvalue weighted by Crippen LogP contribution is -2.47. The molecule has 0 saturated heterocycles. The van der Waals surface area contributed by atoms with Crippen molar-refractivity contribution in [2.75, 3.05) is 17.7 Å². The number of amides is 1. The molecule has 0 fully saturated rings. The number of carbonyl (C=O) groups is 1. The SMILES string of the molecule is CC(C)(C(=N)N)S(=O)(=O)CC1COCc2ccc(NC(=O)c3ccc(OC(F)(F)F)cn3)cc21. The zero-order valence-corrected chi connectivity index (χ0v) is 19.1. The first-order valence-corrected chi connectivity index (χ1v) is 11.7. The van der Waals surface area contributed by atoms with Crippen molar-refractivity contribution in [3.63, 3.8) is 0 Å². The Morgan fingerprint density at radius 2 is 2.00 bits per heavy atom. The number of aromatic nitrogens is 1. The molecule has 1 aliphatic heterocycles. The van der Waals surface area contributed by atoms with E-state index in [-0.39, 0.29) is 24.7 Å². The molecule has 0 aliphatic carbocycles. The Bertz CT molecular complexity index is 1200. The van der Waals surface area contributed by atoms with Gasteiger partial charge in [-0.1, -0.05) is 6.07 Å². The van der Waals surface area contributed by atoms with Crippen molar-refractivity contribution in [3.8, 4) is 5.75 Å². The van der Waals surface area contributed by atoms with Crippen molar-refractivity contribution in [2.24, 2.45) is 5.73 Å². The minimum absolute atomic E-state index is 0.125. The van der Waals surface area contributed by atoms with E-state index in [1.54, 1.807) is 18.2 Å². The zero-order chi connectivity index (χ0) is 25.3. The predicted octanol–water partition coefficient (Wildman–Crippen LogP) is 2.98. The van der Waals surface area contributed by atoms with Crippen molar-refractivity contribution < 1.29 is 35.9 Å². The van der Waals surface area contributed by atoms with Crippen LogP contribution in [0, 0.1) is 5.41 Å². The average Bonchev–Trinajstić information content (AvgIpc) is 2.73. The van der Waals surface area contributed by atoms with Crippen LogP contribution in [-0.2, 0) is 21.2 Å². The maximum Gasteiger partial charge on any atom is 0.573 e. The number of nitrogens with zero attached hydrogens (tertiary/aromatic N) is 1. The van der Waals surface area contributed by atoms with Gasteiger partial charge < -0.3 is 20.5 Å². The van der Waals surface area contributed by atoms with Crippen LogP contribution in [-0.4, -0.2) is 48.6 Å². The molecule has 0 spiro atoms. The highest BCUT2D eigenvalue weighted by Crippen LogP contribution is 2.33. The number of amidine groups is 1. The Morgan fingerprint density at radius 3 is 2.59 bits per heavy atom. The topological polar surface area (TPSA) is 144 Å². The van der Waals surface area contributed by atoms with E-state index in [9.17, 15) is 26.4 Å². The largest absolute Gasteiger partial charge is 0.573 e. The number of ether oxygens (including phenoxy) is 2. The normalized spacial score (nSPS) is 16.4. The molecule has 1 amide bonds. The molecule has 0 radical (unpaired) electrons. The Labute approximate surface area is 193 Å².